The third-order valence-corrected chi connectivity index (χ3v) is 5.12. The summed E-state index contributed by atoms with van der Waals surface area (Å²) < 4.78 is 0. The van der Waals surface area contributed by atoms with Gasteiger partial charge in [-0.3, -0.25) is 0 Å². The Kier molecular flexibility index (Phi) is 3.76. The SMILES string of the molecule is Cc1ccc2cc3c(c(C4=CCC(C)C=C4)c2c1)C=CC(C)C=C3. The van der Waals surface area contributed by atoms with Gasteiger partial charge in [-0.05, 0) is 64.3 Å². The largest absolute Gasteiger partial charge is 0.0808 e. The van der Waals surface area contributed by atoms with Crippen LogP contribution in [0.2, 0.25) is 0 Å². The van der Waals surface area contributed by atoms with Crippen molar-refractivity contribution in [2.45, 2.75) is 27.2 Å². The summed E-state index contributed by atoms with van der Waals surface area (Å²) in [6.45, 7) is 6.70. The average Bonchev–Trinajstić information content (AvgIpc) is 2.76. The molecule has 0 heteroatoms. The van der Waals surface area contributed by atoms with Crippen LogP contribution in [0.15, 0.2) is 54.6 Å². The summed E-state index contributed by atoms with van der Waals surface area (Å²) in [5.74, 6) is 1.12. The summed E-state index contributed by atoms with van der Waals surface area (Å²) in [6.07, 6.45) is 17.4. The van der Waals surface area contributed by atoms with E-state index in [0.29, 0.717) is 11.8 Å². The first kappa shape index (κ1) is 15.2. The Morgan fingerprint density at radius 2 is 1.75 bits per heavy atom. The molecule has 2 aromatic carbocycles. The summed E-state index contributed by atoms with van der Waals surface area (Å²) in [5.41, 5.74) is 6.77. The number of hydrogen-bond acceptors (Lipinski definition) is 0. The third kappa shape index (κ3) is 2.67. The molecule has 2 aliphatic rings. The highest BCUT2D eigenvalue weighted by atomic mass is 14.2. The Morgan fingerprint density at radius 1 is 0.917 bits per heavy atom. The first-order valence-corrected chi connectivity index (χ1v) is 8.94. The number of fused-ring (bicyclic) bond motifs is 2. The molecule has 0 aromatic heterocycles. The van der Waals surface area contributed by atoms with Crippen molar-refractivity contribution < 1.29 is 0 Å². The zero-order chi connectivity index (χ0) is 16.7. The lowest BCUT2D eigenvalue weighted by molar-refractivity contribution is 0.739. The van der Waals surface area contributed by atoms with E-state index < -0.39 is 0 Å². The molecule has 2 aliphatic carbocycles. The molecule has 2 unspecified atom stereocenters. The topological polar surface area (TPSA) is 0 Å². The van der Waals surface area contributed by atoms with Crippen molar-refractivity contribution in [2.75, 3.05) is 0 Å². The second-order valence-electron chi connectivity index (χ2n) is 7.29. The molecular formula is C24H24. The van der Waals surface area contributed by atoms with Crippen molar-refractivity contribution in [1.82, 2.24) is 0 Å². The number of benzene rings is 2. The molecule has 0 saturated carbocycles. The molecule has 0 heterocycles. The van der Waals surface area contributed by atoms with Gasteiger partial charge in [0.05, 0.1) is 0 Å². The second-order valence-corrected chi connectivity index (χ2v) is 7.29. The smallest absolute Gasteiger partial charge is 0.00301 e. The van der Waals surface area contributed by atoms with Gasteiger partial charge in [0.15, 0.2) is 0 Å². The van der Waals surface area contributed by atoms with Crippen LogP contribution in [0.1, 0.15) is 42.5 Å². The maximum atomic E-state index is 2.41. The highest BCUT2D eigenvalue weighted by Gasteiger charge is 2.16. The van der Waals surface area contributed by atoms with Crippen molar-refractivity contribution in [1.29, 1.82) is 0 Å². The van der Waals surface area contributed by atoms with Crippen LogP contribution in [-0.2, 0) is 0 Å². The monoisotopic (exact) mass is 312 g/mol. The molecule has 4 rings (SSSR count). The Labute approximate surface area is 144 Å². The third-order valence-electron chi connectivity index (χ3n) is 5.12. The molecule has 0 spiro atoms. The van der Waals surface area contributed by atoms with Gasteiger partial charge in [0, 0.05) is 0 Å². The van der Waals surface area contributed by atoms with Crippen molar-refractivity contribution in [3.8, 4) is 0 Å². The zero-order valence-corrected chi connectivity index (χ0v) is 14.7. The maximum absolute atomic E-state index is 2.41. The van der Waals surface area contributed by atoms with Gasteiger partial charge in [0.2, 0.25) is 0 Å². The highest BCUT2D eigenvalue weighted by molar-refractivity contribution is 6.02. The Bertz CT molecular complexity index is 919. The molecule has 24 heavy (non-hydrogen) atoms. The molecule has 0 radical (unpaired) electrons. The summed E-state index contributed by atoms with van der Waals surface area (Å²) in [5, 5.41) is 2.70. The quantitative estimate of drug-likeness (QED) is 0.543. The van der Waals surface area contributed by atoms with Crippen LogP contribution in [0.5, 0.6) is 0 Å². The standard InChI is InChI=1S/C24H24/c1-16-4-9-19(10-5-16)24-22-13-8-17(2)6-11-20(22)15-21-12-7-18(3)14-23(21)24/h4,6-17H,5H2,1-3H3. The van der Waals surface area contributed by atoms with Crippen LogP contribution in [0.4, 0.5) is 0 Å². The molecular weight excluding hydrogens is 288 g/mol. The number of rotatable bonds is 1. The number of hydrogen-bond donors (Lipinski definition) is 0. The summed E-state index contributed by atoms with van der Waals surface area (Å²) >= 11 is 0. The van der Waals surface area contributed by atoms with Gasteiger partial charge in [-0.1, -0.05) is 80.1 Å². The van der Waals surface area contributed by atoms with Crippen LogP contribution >= 0.6 is 0 Å². The maximum Gasteiger partial charge on any atom is -0.00301 e. The molecule has 0 aliphatic heterocycles. The lowest BCUT2D eigenvalue weighted by Gasteiger charge is -2.19. The van der Waals surface area contributed by atoms with E-state index in [9.17, 15) is 0 Å². The molecule has 0 amide bonds. The molecule has 0 bridgehead atoms. The van der Waals surface area contributed by atoms with E-state index in [-0.39, 0.29) is 0 Å². The first-order valence-electron chi connectivity index (χ1n) is 8.94. The molecule has 2 aromatic rings. The van der Waals surface area contributed by atoms with Gasteiger partial charge in [-0.15, -0.1) is 0 Å². The number of aryl methyl sites for hydroxylation is 1. The van der Waals surface area contributed by atoms with E-state index in [4.69, 9.17) is 0 Å². The fourth-order valence-electron chi connectivity index (χ4n) is 3.66. The summed E-state index contributed by atoms with van der Waals surface area (Å²) in [4.78, 5) is 0. The van der Waals surface area contributed by atoms with Gasteiger partial charge in [-0.2, -0.15) is 0 Å². The van der Waals surface area contributed by atoms with Crippen LogP contribution in [0.3, 0.4) is 0 Å². The Balaban J connectivity index is 2.05. The van der Waals surface area contributed by atoms with Crippen LogP contribution in [0.25, 0.3) is 28.5 Å². The van der Waals surface area contributed by atoms with E-state index in [1.54, 1.807) is 0 Å². The van der Waals surface area contributed by atoms with Gasteiger partial charge in [0.1, 0.15) is 0 Å². The van der Waals surface area contributed by atoms with Gasteiger partial charge >= 0.3 is 0 Å². The molecule has 0 saturated heterocycles. The van der Waals surface area contributed by atoms with Gasteiger partial charge < -0.3 is 0 Å². The zero-order valence-electron chi connectivity index (χ0n) is 14.7. The Morgan fingerprint density at radius 3 is 2.54 bits per heavy atom. The average molecular weight is 312 g/mol. The molecule has 0 N–H and O–H groups in total. The first-order chi connectivity index (χ1) is 11.6. The van der Waals surface area contributed by atoms with E-state index in [0.717, 1.165) is 6.42 Å². The summed E-state index contributed by atoms with van der Waals surface area (Å²) in [6, 6.07) is 9.15. The van der Waals surface area contributed by atoms with E-state index >= 15 is 0 Å². The van der Waals surface area contributed by atoms with Crippen molar-refractivity contribution in [3.05, 3.63) is 76.9 Å². The van der Waals surface area contributed by atoms with Crippen molar-refractivity contribution in [3.63, 3.8) is 0 Å². The minimum absolute atomic E-state index is 0.478. The van der Waals surface area contributed by atoms with Crippen LogP contribution < -0.4 is 0 Å². The fourth-order valence-corrected chi connectivity index (χ4v) is 3.66. The van der Waals surface area contributed by atoms with Gasteiger partial charge in [-0.25, -0.2) is 0 Å². The minimum atomic E-state index is 0.478. The lowest BCUT2D eigenvalue weighted by atomic mass is 9.85. The Hall–Kier alpha value is -2.34. The van der Waals surface area contributed by atoms with Crippen LogP contribution in [-0.4, -0.2) is 0 Å². The molecule has 120 valence electrons. The van der Waals surface area contributed by atoms with Crippen LogP contribution in [0, 0.1) is 18.8 Å². The van der Waals surface area contributed by atoms with Crippen molar-refractivity contribution >= 4 is 28.5 Å². The molecule has 0 nitrogen and oxygen atoms in total. The lowest BCUT2D eigenvalue weighted by Crippen LogP contribution is -1.99. The van der Waals surface area contributed by atoms with E-state index in [1.807, 2.05) is 0 Å². The fraction of sp³-hybridized carbons (Fsp3) is 0.250. The van der Waals surface area contributed by atoms with Crippen molar-refractivity contribution in [2.24, 2.45) is 11.8 Å². The molecule has 2 atom stereocenters. The molecule has 0 fully saturated rings. The predicted octanol–water partition coefficient (Wildman–Crippen LogP) is 6.80. The second kappa shape index (κ2) is 5.94. The minimum Gasteiger partial charge on any atom is -0.0808 e. The summed E-state index contributed by atoms with van der Waals surface area (Å²) in [7, 11) is 0. The van der Waals surface area contributed by atoms with E-state index in [1.165, 1.54) is 38.6 Å². The highest BCUT2D eigenvalue weighted by Crippen LogP contribution is 2.37. The predicted molar refractivity (Wildman–Crippen MR) is 107 cm³/mol. The van der Waals surface area contributed by atoms with E-state index in [2.05, 4.69) is 87.6 Å². The normalized spacial score (nSPS) is 22.4. The number of allylic oxidation sites excluding steroid dienone is 6. The van der Waals surface area contributed by atoms with Gasteiger partial charge in [0.25, 0.3) is 0 Å².